The van der Waals surface area contributed by atoms with Gasteiger partial charge in [-0.15, -0.1) is 0 Å². The van der Waals surface area contributed by atoms with Crippen LogP contribution in [0.15, 0.2) is 35.7 Å². The second kappa shape index (κ2) is 5.47. The van der Waals surface area contributed by atoms with Gasteiger partial charge in [-0.25, -0.2) is 27.2 Å². The zero-order chi connectivity index (χ0) is 14.8. The summed E-state index contributed by atoms with van der Waals surface area (Å²) < 4.78 is 53.4. The van der Waals surface area contributed by atoms with Crippen LogP contribution in [0.4, 0.5) is 14.5 Å². The Kier molecular flexibility index (Phi) is 3.91. The summed E-state index contributed by atoms with van der Waals surface area (Å²) in [5.74, 6) is -2.11. The van der Waals surface area contributed by atoms with E-state index in [1.165, 1.54) is 18.7 Å². The number of hydrogen-bond acceptors (Lipinski definition) is 5. The molecule has 1 aromatic heterocycles. The molecule has 0 saturated heterocycles. The van der Waals surface area contributed by atoms with Gasteiger partial charge < -0.3 is 5.73 Å². The third-order valence-corrected chi connectivity index (χ3v) is 3.86. The summed E-state index contributed by atoms with van der Waals surface area (Å²) in [5.41, 5.74) is 4.77. The fraction of sp³-hybridized carbons (Fsp3) is 0.0909. The number of hydrogen-bond donors (Lipinski definition) is 2. The second-order valence-corrected chi connectivity index (χ2v) is 5.43. The van der Waals surface area contributed by atoms with Crippen LogP contribution in [0.5, 0.6) is 0 Å². The van der Waals surface area contributed by atoms with E-state index >= 15 is 0 Å². The van der Waals surface area contributed by atoms with Crippen molar-refractivity contribution in [1.29, 1.82) is 0 Å². The summed E-state index contributed by atoms with van der Waals surface area (Å²) in [6, 6.07) is 1.68. The fourth-order valence-corrected chi connectivity index (χ4v) is 2.66. The summed E-state index contributed by atoms with van der Waals surface area (Å²) in [4.78, 5) is 6.55. The molecule has 9 heteroatoms. The number of halogens is 2. The predicted octanol–water partition coefficient (Wildman–Crippen LogP) is 1.01. The summed E-state index contributed by atoms with van der Waals surface area (Å²) in [7, 11) is -4.22. The van der Waals surface area contributed by atoms with Crippen molar-refractivity contribution in [2.45, 2.75) is 11.4 Å². The van der Waals surface area contributed by atoms with Crippen molar-refractivity contribution < 1.29 is 17.2 Å². The van der Waals surface area contributed by atoms with Crippen molar-refractivity contribution in [2.75, 3.05) is 4.72 Å². The Hall–Kier alpha value is -2.13. The second-order valence-electron chi connectivity index (χ2n) is 3.77. The van der Waals surface area contributed by atoms with Crippen LogP contribution in [0.3, 0.4) is 0 Å². The number of nitrogens with one attached hydrogen (secondary N) is 1. The summed E-state index contributed by atoms with van der Waals surface area (Å²) >= 11 is 0. The Morgan fingerprint density at radius 1 is 1.20 bits per heavy atom. The molecule has 0 bridgehead atoms. The molecule has 6 nitrogen and oxygen atoms in total. The Labute approximate surface area is 113 Å². The van der Waals surface area contributed by atoms with Crippen molar-refractivity contribution in [2.24, 2.45) is 5.73 Å². The molecule has 20 heavy (non-hydrogen) atoms. The monoisotopic (exact) mass is 300 g/mol. The van der Waals surface area contributed by atoms with Gasteiger partial charge in [0.25, 0.3) is 10.0 Å². The third-order valence-electron chi connectivity index (χ3n) is 2.46. The first-order valence-corrected chi connectivity index (χ1v) is 6.89. The molecule has 2 aromatic rings. The first-order valence-electron chi connectivity index (χ1n) is 5.40. The van der Waals surface area contributed by atoms with Crippen LogP contribution in [-0.4, -0.2) is 18.4 Å². The van der Waals surface area contributed by atoms with Gasteiger partial charge in [-0.1, -0.05) is 0 Å². The Morgan fingerprint density at radius 2 is 1.85 bits per heavy atom. The van der Waals surface area contributed by atoms with Crippen molar-refractivity contribution in [3.63, 3.8) is 0 Å². The molecule has 0 saturated carbocycles. The number of rotatable bonds is 4. The maximum atomic E-state index is 14.0. The van der Waals surface area contributed by atoms with Crippen LogP contribution in [-0.2, 0) is 16.6 Å². The van der Waals surface area contributed by atoms with Gasteiger partial charge in [0.1, 0.15) is 17.0 Å². The Balaban J connectivity index is 2.45. The minimum Gasteiger partial charge on any atom is -0.326 e. The topological polar surface area (TPSA) is 98.0 Å². The van der Waals surface area contributed by atoms with Crippen LogP contribution >= 0.6 is 0 Å². The van der Waals surface area contributed by atoms with E-state index in [4.69, 9.17) is 5.73 Å². The molecule has 0 aliphatic carbocycles. The lowest BCUT2D eigenvalue weighted by atomic mass is 10.2. The van der Waals surface area contributed by atoms with E-state index in [0.717, 1.165) is 12.1 Å². The van der Waals surface area contributed by atoms with Gasteiger partial charge in [-0.2, -0.15) is 0 Å². The average Bonchev–Trinajstić information content (AvgIpc) is 2.39. The van der Waals surface area contributed by atoms with E-state index in [1.807, 2.05) is 0 Å². The van der Waals surface area contributed by atoms with Crippen LogP contribution in [0.2, 0.25) is 0 Å². The lowest BCUT2D eigenvalue weighted by Gasteiger charge is -2.10. The largest absolute Gasteiger partial charge is 0.326 e. The molecule has 2 rings (SSSR count). The molecule has 0 radical (unpaired) electrons. The number of nitrogens with zero attached hydrogens (tertiary/aromatic N) is 2. The lowest BCUT2D eigenvalue weighted by molar-refractivity contribution is 0.530. The van der Waals surface area contributed by atoms with Crippen molar-refractivity contribution in [1.82, 2.24) is 9.97 Å². The molecule has 0 spiro atoms. The van der Waals surface area contributed by atoms with E-state index in [9.17, 15) is 17.2 Å². The fourth-order valence-electron chi connectivity index (χ4n) is 1.53. The number of benzene rings is 1. The van der Waals surface area contributed by atoms with Crippen molar-refractivity contribution in [3.05, 3.63) is 48.1 Å². The normalized spacial score (nSPS) is 11.3. The van der Waals surface area contributed by atoms with E-state index in [1.54, 1.807) is 0 Å². The maximum absolute atomic E-state index is 14.0. The third kappa shape index (κ3) is 2.73. The van der Waals surface area contributed by atoms with Crippen molar-refractivity contribution in [3.8, 4) is 0 Å². The van der Waals surface area contributed by atoms with Gasteiger partial charge in [0.2, 0.25) is 0 Å². The molecule has 1 heterocycles. The van der Waals surface area contributed by atoms with Gasteiger partial charge in [-0.3, -0.25) is 4.72 Å². The molecule has 3 N–H and O–H groups in total. The SMILES string of the molecule is NCc1c(F)ccc(S(=O)(=O)Nc2cncnc2)c1F. The lowest BCUT2D eigenvalue weighted by Crippen LogP contribution is -2.17. The zero-order valence-corrected chi connectivity index (χ0v) is 10.9. The maximum Gasteiger partial charge on any atom is 0.264 e. The summed E-state index contributed by atoms with van der Waals surface area (Å²) in [6.07, 6.45) is 3.62. The van der Waals surface area contributed by atoms with Crippen LogP contribution in [0, 0.1) is 11.6 Å². The molecular weight excluding hydrogens is 290 g/mol. The minimum absolute atomic E-state index is 0.0607. The summed E-state index contributed by atoms with van der Waals surface area (Å²) in [6.45, 7) is -0.449. The highest BCUT2D eigenvalue weighted by atomic mass is 32.2. The highest BCUT2D eigenvalue weighted by Crippen LogP contribution is 2.22. The van der Waals surface area contributed by atoms with Gasteiger partial charge >= 0.3 is 0 Å². The number of nitrogens with two attached hydrogens (primary N) is 1. The highest BCUT2D eigenvalue weighted by molar-refractivity contribution is 7.92. The first kappa shape index (κ1) is 14.3. The molecule has 0 aliphatic rings. The molecule has 1 aromatic carbocycles. The average molecular weight is 300 g/mol. The quantitative estimate of drug-likeness (QED) is 0.878. The Bertz CT molecular complexity index is 723. The molecule has 0 amide bonds. The highest BCUT2D eigenvalue weighted by Gasteiger charge is 2.23. The Morgan fingerprint density at radius 3 is 2.45 bits per heavy atom. The zero-order valence-electron chi connectivity index (χ0n) is 10.0. The number of aromatic nitrogens is 2. The van der Waals surface area contributed by atoms with E-state index in [-0.39, 0.29) is 5.69 Å². The smallest absolute Gasteiger partial charge is 0.264 e. The van der Waals surface area contributed by atoms with E-state index in [2.05, 4.69) is 14.7 Å². The standard InChI is InChI=1S/C11H10F2N4O2S/c12-9-1-2-10(11(13)8(9)3-14)20(18,19)17-7-4-15-6-16-5-7/h1-2,4-6,17H,3,14H2. The molecular formula is C11H10F2N4O2S. The van der Waals surface area contributed by atoms with Gasteiger partial charge in [0.05, 0.1) is 18.1 Å². The molecule has 0 aliphatic heterocycles. The van der Waals surface area contributed by atoms with Crippen molar-refractivity contribution >= 4 is 15.7 Å². The number of sulfonamides is 1. The van der Waals surface area contributed by atoms with Crippen LogP contribution in [0.1, 0.15) is 5.56 Å². The number of anilines is 1. The van der Waals surface area contributed by atoms with E-state index < -0.39 is 38.7 Å². The molecule has 0 atom stereocenters. The van der Waals surface area contributed by atoms with Gasteiger partial charge in [0, 0.05) is 12.1 Å². The van der Waals surface area contributed by atoms with Crippen LogP contribution in [0.25, 0.3) is 0 Å². The molecule has 106 valence electrons. The minimum atomic E-state index is -4.22. The molecule has 0 unspecified atom stereocenters. The van der Waals surface area contributed by atoms with Gasteiger partial charge in [-0.05, 0) is 12.1 Å². The molecule has 0 fully saturated rings. The first-order chi connectivity index (χ1) is 9.45. The van der Waals surface area contributed by atoms with E-state index in [0.29, 0.717) is 0 Å². The predicted molar refractivity (Wildman–Crippen MR) is 67.1 cm³/mol. The van der Waals surface area contributed by atoms with Crippen LogP contribution < -0.4 is 10.5 Å². The summed E-state index contributed by atoms with van der Waals surface area (Å²) in [5, 5.41) is 0. The van der Waals surface area contributed by atoms with Gasteiger partial charge in [0.15, 0.2) is 5.82 Å².